The average molecular weight is 1430 g/mol. The molecule has 0 radical (unpaired) electrons. The number of nitrogens with zero attached hydrogens (tertiary/aromatic N) is 6. The van der Waals surface area contributed by atoms with E-state index >= 15 is 0 Å². The fourth-order valence-electron chi connectivity index (χ4n) is 11.3. The molecule has 0 spiro atoms. The van der Waals surface area contributed by atoms with Crippen molar-refractivity contribution in [2.75, 3.05) is 0 Å². The molecule has 0 aliphatic carbocycles. The van der Waals surface area contributed by atoms with E-state index in [2.05, 4.69) is 205 Å². The summed E-state index contributed by atoms with van der Waals surface area (Å²) in [5.41, 5.74) is 24.7. The molecular weight excluding hydrogens is 1330 g/mol. The van der Waals surface area contributed by atoms with Gasteiger partial charge in [0.15, 0.2) is 0 Å². The van der Waals surface area contributed by atoms with Gasteiger partial charge in [-0.3, -0.25) is 9.97 Å². The zero-order chi connectivity index (χ0) is 79.2. The molecular formula is C100H100N6O3. The zero-order valence-electron chi connectivity index (χ0n) is 66.5. The Morgan fingerprint density at radius 1 is 0.312 bits per heavy atom. The Balaban J connectivity index is 0.000000170. The van der Waals surface area contributed by atoms with Crippen molar-refractivity contribution in [2.24, 2.45) is 0 Å². The van der Waals surface area contributed by atoms with Crippen LogP contribution in [0.3, 0.4) is 0 Å². The number of nitriles is 2. The topological polar surface area (TPSA) is 139 Å². The number of hydrogen-bond donors (Lipinski definition) is 0. The first-order valence-electron chi connectivity index (χ1n) is 36.3. The summed E-state index contributed by atoms with van der Waals surface area (Å²) in [6.07, 6.45) is 15.9. The molecule has 0 saturated carbocycles. The Bertz CT molecular complexity index is 5680. The molecule has 6 aromatic heterocycles. The molecule has 0 saturated heterocycles. The third kappa shape index (κ3) is 26.3. The molecule has 16 rings (SSSR count). The molecule has 0 aliphatic heterocycles. The van der Waals surface area contributed by atoms with E-state index in [1.54, 1.807) is 18.2 Å². The Morgan fingerprint density at radius 3 is 1.31 bits per heavy atom. The van der Waals surface area contributed by atoms with Crippen LogP contribution in [0.5, 0.6) is 0 Å². The second-order valence-corrected chi connectivity index (χ2v) is 28.9. The van der Waals surface area contributed by atoms with E-state index in [1.807, 2.05) is 213 Å². The number of rotatable bonds is 0. The summed E-state index contributed by atoms with van der Waals surface area (Å²) in [4.78, 5) is 16.9. The minimum atomic E-state index is 0.0632. The number of benzene rings is 10. The van der Waals surface area contributed by atoms with Crippen LogP contribution in [0, 0.1) is 130 Å². The van der Waals surface area contributed by atoms with Crippen LogP contribution in [0.4, 0.5) is 0 Å². The monoisotopic (exact) mass is 1430 g/mol. The van der Waals surface area contributed by atoms with E-state index in [0.29, 0.717) is 5.56 Å². The first-order chi connectivity index (χ1) is 52.0. The van der Waals surface area contributed by atoms with Gasteiger partial charge in [-0.05, 0) is 231 Å². The highest BCUT2D eigenvalue weighted by atomic mass is 16.3. The van der Waals surface area contributed by atoms with Crippen molar-refractivity contribution < 1.29 is 13.3 Å². The molecule has 10 aromatic carbocycles. The van der Waals surface area contributed by atoms with Crippen LogP contribution in [0.15, 0.2) is 281 Å². The normalized spacial score (nSPS) is 10.3. The third-order valence-corrected chi connectivity index (χ3v) is 16.9. The SMILES string of the molecule is C#Cc1cc(C)cc(C#N)c1.C#Cc1ccc(C)cc1.Cc1cc(C(C)(C)C)ccn1.Cc1cc(C)nc(C)c1.Cc1ccc2oc3ccccc3c2c1.Cc1cccc(C#N)c1.Cc1cccc2c1oc1ccccc12.Cc1cccc2oc3ccccc3c12.Cc1ccccc1.Cc1cnc(C(C)(C)C)nc1. The second kappa shape index (κ2) is 40.5. The predicted molar refractivity (Wildman–Crippen MR) is 457 cm³/mol. The summed E-state index contributed by atoms with van der Waals surface area (Å²) < 4.78 is 17.2. The molecule has 6 heterocycles. The molecule has 9 heteroatoms. The Labute approximate surface area is 646 Å². The second-order valence-electron chi connectivity index (χ2n) is 28.9. The van der Waals surface area contributed by atoms with E-state index in [-0.39, 0.29) is 10.8 Å². The molecule has 0 N–H and O–H groups in total. The first kappa shape index (κ1) is 83.4. The van der Waals surface area contributed by atoms with Crippen LogP contribution in [-0.2, 0) is 10.8 Å². The molecule has 0 atom stereocenters. The van der Waals surface area contributed by atoms with Crippen LogP contribution in [-0.4, -0.2) is 19.9 Å². The van der Waals surface area contributed by atoms with Gasteiger partial charge in [0.25, 0.3) is 0 Å². The third-order valence-electron chi connectivity index (χ3n) is 16.9. The van der Waals surface area contributed by atoms with Crippen LogP contribution in [0.25, 0.3) is 65.8 Å². The van der Waals surface area contributed by atoms with Gasteiger partial charge in [0.05, 0.1) is 23.3 Å². The number of terminal acetylenes is 2. The number of para-hydroxylation sites is 4. The highest BCUT2D eigenvalue weighted by Gasteiger charge is 2.16. The van der Waals surface area contributed by atoms with Crippen LogP contribution >= 0.6 is 0 Å². The fraction of sp³-hybridized carbons (Fsp3) is 0.200. The van der Waals surface area contributed by atoms with Crippen molar-refractivity contribution in [3.05, 3.63) is 368 Å². The lowest BCUT2D eigenvalue weighted by molar-refractivity contribution is 0.544. The summed E-state index contributed by atoms with van der Waals surface area (Å²) in [5, 5.41) is 24.2. The maximum absolute atomic E-state index is 8.56. The number of aromatic nitrogens is 4. The van der Waals surface area contributed by atoms with Gasteiger partial charge in [-0.2, -0.15) is 10.5 Å². The molecule has 0 bridgehead atoms. The maximum Gasteiger partial charge on any atom is 0.138 e. The van der Waals surface area contributed by atoms with E-state index < -0.39 is 0 Å². The standard InChI is InChI=1S/3C13H10O.C10H15N.C10H7N.C9H14N2.C9H8.C8H11N.C8H7N.C7H8/c1-9-5-4-7-11-10-6-2-3-8-12(10)14-13(9)11;1-9-5-4-8-12-13(9)10-6-2-3-7-11(10)14-12;1-9-6-7-13-11(8-9)10-4-2-3-5-12(10)14-13;1-8-7-9(5-6-11-8)10(2,3)4;1-3-9-4-8(2)5-10(6-9)7-11;1-7-5-10-8(11-6-7)9(2,3)4;1-3-9-6-4-8(2)5-7-9;1-6-4-7(2)9-8(3)5-6;1-7-3-2-4-8(5-7)6-9;1-7-5-3-2-4-6-7/h3*2-8H,1H3;5-7H,1-4H3;1,4-6H,2H3;5-6H,1-4H3;1,4-7H,2H3;4-5H,1-3H3;2-5H,1H3;2-6H,1H3. The highest BCUT2D eigenvalue weighted by Crippen LogP contribution is 2.33. The van der Waals surface area contributed by atoms with E-state index in [1.165, 1.54) is 71.3 Å². The Morgan fingerprint density at radius 2 is 0.771 bits per heavy atom. The van der Waals surface area contributed by atoms with Gasteiger partial charge in [0, 0.05) is 84.5 Å². The summed E-state index contributed by atoms with van der Waals surface area (Å²) in [5.74, 6) is 5.95. The smallest absolute Gasteiger partial charge is 0.138 e. The summed E-state index contributed by atoms with van der Waals surface area (Å²) in [7, 11) is 0. The highest BCUT2D eigenvalue weighted by molar-refractivity contribution is 6.07. The van der Waals surface area contributed by atoms with Crippen LogP contribution in [0.2, 0.25) is 0 Å². The van der Waals surface area contributed by atoms with Crippen molar-refractivity contribution in [3.8, 4) is 36.8 Å². The van der Waals surface area contributed by atoms with E-state index in [0.717, 1.165) is 89.8 Å². The minimum absolute atomic E-state index is 0.0632. The lowest BCUT2D eigenvalue weighted by atomic mass is 9.87. The van der Waals surface area contributed by atoms with Crippen LogP contribution < -0.4 is 0 Å². The van der Waals surface area contributed by atoms with Crippen molar-refractivity contribution in [1.29, 1.82) is 10.5 Å². The predicted octanol–water partition coefficient (Wildman–Crippen LogP) is 26.1. The fourth-order valence-corrected chi connectivity index (χ4v) is 11.3. The number of furan rings is 3. The molecule has 0 amide bonds. The molecule has 0 aliphatic rings. The van der Waals surface area contributed by atoms with Crippen molar-refractivity contribution in [2.45, 2.75) is 135 Å². The van der Waals surface area contributed by atoms with Crippen molar-refractivity contribution >= 4 is 65.8 Å². The van der Waals surface area contributed by atoms with E-state index in [9.17, 15) is 0 Å². The minimum Gasteiger partial charge on any atom is -0.456 e. The number of aryl methyl sites for hydroxylation is 12. The quantitative estimate of drug-likeness (QED) is 0.136. The van der Waals surface area contributed by atoms with Gasteiger partial charge in [0.1, 0.15) is 39.3 Å². The van der Waals surface area contributed by atoms with Gasteiger partial charge in [-0.15, -0.1) is 12.8 Å². The summed E-state index contributed by atoms with van der Waals surface area (Å²) in [6, 6.07) is 86.7. The number of fused-ring (bicyclic) bond motifs is 9. The first-order valence-corrected chi connectivity index (χ1v) is 36.3. The lowest BCUT2D eigenvalue weighted by Gasteiger charge is -2.18. The maximum atomic E-state index is 8.56. The summed E-state index contributed by atoms with van der Waals surface area (Å²) in [6.45, 7) is 37.4. The number of pyridine rings is 2. The van der Waals surface area contributed by atoms with Gasteiger partial charge in [-0.25, -0.2) is 9.97 Å². The summed E-state index contributed by atoms with van der Waals surface area (Å²) >= 11 is 0. The lowest BCUT2D eigenvalue weighted by Crippen LogP contribution is -2.15. The molecule has 548 valence electrons. The average Bonchev–Trinajstić information content (AvgIpc) is 1.65. The van der Waals surface area contributed by atoms with Crippen molar-refractivity contribution in [1.82, 2.24) is 19.9 Å². The van der Waals surface area contributed by atoms with E-state index in [4.69, 9.17) is 36.6 Å². The van der Waals surface area contributed by atoms with Gasteiger partial charge >= 0.3 is 0 Å². The zero-order valence-corrected chi connectivity index (χ0v) is 66.5. The van der Waals surface area contributed by atoms with Gasteiger partial charge < -0.3 is 13.3 Å². The Hall–Kier alpha value is -12.9. The molecule has 0 unspecified atom stereocenters. The van der Waals surface area contributed by atoms with Gasteiger partial charge in [0.2, 0.25) is 0 Å². The Kier molecular flexibility index (Phi) is 31.0. The molecule has 16 aromatic rings. The molecule has 0 fully saturated rings. The van der Waals surface area contributed by atoms with Gasteiger partial charge in [-0.1, -0.05) is 216 Å². The molecule has 9 nitrogen and oxygen atoms in total. The van der Waals surface area contributed by atoms with Crippen molar-refractivity contribution in [3.63, 3.8) is 0 Å². The van der Waals surface area contributed by atoms with Crippen LogP contribution in [0.1, 0.15) is 142 Å². The number of hydrogen-bond acceptors (Lipinski definition) is 9. The molecule has 109 heavy (non-hydrogen) atoms. The largest absolute Gasteiger partial charge is 0.456 e.